The fraction of sp³-hybridized carbons (Fsp3) is 0.667. The van der Waals surface area contributed by atoms with Gasteiger partial charge in [-0.05, 0) is 25.8 Å². The maximum absolute atomic E-state index is 5.26. The second kappa shape index (κ2) is 5.93. The van der Waals surface area contributed by atoms with Gasteiger partial charge in [-0.1, -0.05) is 13.3 Å². The number of hydrogen-bond acceptors (Lipinski definition) is 5. The molecule has 5 heteroatoms. The second-order valence-corrected chi connectivity index (χ2v) is 4.59. The maximum atomic E-state index is 5.26. The molecule has 1 aromatic rings. The molecule has 1 aliphatic carbocycles. The average molecular weight is 235 g/mol. The molecule has 1 aliphatic rings. The number of nitrogens with one attached hydrogen (secondary N) is 1. The fourth-order valence-corrected chi connectivity index (χ4v) is 1.91. The van der Waals surface area contributed by atoms with Crippen molar-refractivity contribution in [2.75, 3.05) is 12.0 Å². The third-order valence-corrected chi connectivity index (χ3v) is 3.08. The van der Waals surface area contributed by atoms with Crippen LogP contribution in [0.4, 0.5) is 5.82 Å². The Bertz CT molecular complexity index is 333. The lowest BCUT2D eigenvalue weighted by atomic mass is 10.3. The van der Waals surface area contributed by atoms with E-state index in [9.17, 15) is 0 Å². The molecule has 1 heterocycles. The van der Waals surface area contributed by atoms with Gasteiger partial charge in [0.1, 0.15) is 0 Å². The van der Waals surface area contributed by atoms with Gasteiger partial charge in [0.25, 0.3) is 0 Å². The van der Waals surface area contributed by atoms with Crippen molar-refractivity contribution >= 4 is 5.82 Å². The van der Waals surface area contributed by atoms with Crippen molar-refractivity contribution in [1.29, 1.82) is 0 Å². The molecule has 0 unspecified atom stereocenters. The molecule has 94 valence electrons. The van der Waals surface area contributed by atoms with Gasteiger partial charge < -0.3 is 5.43 Å². The van der Waals surface area contributed by atoms with Crippen molar-refractivity contribution < 1.29 is 0 Å². The van der Waals surface area contributed by atoms with Crippen molar-refractivity contribution in [3.05, 3.63) is 18.1 Å². The lowest BCUT2D eigenvalue weighted by Gasteiger charge is -2.21. The summed E-state index contributed by atoms with van der Waals surface area (Å²) in [7, 11) is 0. The summed E-state index contributed by atoms with van der Waals surface area (Å²) in [6, 6.07) is 0.774. The highest BCUT2D eigenvalue weighted by Gasteiger charge is 2.28. The zero-order valence-corrected chi connectivity index (χ0v) is 10.4. The summed E-state index contributed by atoms with van der Waals surface area (Å²) in [6.07, 6.45) is 8.65. The molecule has 2 rings (SSSR count). The Morgan fingerprint density at radius 2 is 2.24 bits per heavy atom. The van der Waals surface area contributed by atoms with E-state index in [-0.39, 0.29) is 0 Å². The maximum Gasteiger partial charge on any atom is 0.158 e. The minimum absolute atomic E-state index is 0.611. The van der Waals surface area contributed by atoms with Gasteiger partial charge in [0.2, 0.25) is 0 Å². The van der Waals surface area contributed by atoms with E-state index in [1.807, 2.05) is 0 Å². The monoisotopic (exact) mass is 235 g/mol. The Morgan fingerprint density at radius 1 is 1.41 bits per heavy atom. The number of nitrogen functional groups attached to an aromatic ring is 1. The molecular formula is C12H21N5. The van der Waals surface area contributed by atoms with Gasteiger partial charge in [-0.15, -0.1) is 0 Å². The standard InChI is InChI=1S/C12H21N5/c1-2-3-6-17(11-4-5-11)9-10-7-15-12(16-13)8-14-10/h7-8,11H,2-6,9,13H2,1H3,(H,15,16). The molecule has 5 nitrogen and oxygen atoms in total. The molecule has 0 radical (unpaired) electrons. The molecule has 0 atom stereocenters. The minimum Gasteiger partial charge on any atom is -0.307 e. The van der Waals surface area contributed by atoms with Crippen LogP contribution in [0, 0.1) is 0 Å². The molecule has 1 fully saturated rings. The zero-order chi connectivity index (χ0) is 12.1. The van der Waals surface area contributed by atoms with Crippen LogP contribution >= 0.6 is 0 Å². The first-order valence-electron chi connectivity index (χ1n) is 6.35. The van der Waals surface area contributed by atoms with Gasteiger partial charge in [-0.2, -0.15) is 0 Å². The minimum atomic E-state index is 0.611. The van der Waals surface area contributed by atoms with E-state index in [4.69, 9.17) is 5.84 Å². The molecule has 0 spiro atoms. The van der Waals surface area contributed by atoms with Crippen molar-refractivity contribution in [1.82, 2.24) is 14.9 Å². The number of nitrogens with zero attached hydrogens (tertiary/aromatic N) is 3. The van der Waals surface area contributed by atoms with E-state index < -0.39 is 0 Å². The predicted octanol–water partition coefficient (Wildman–Crippen LogP) is 1.53. The highest BCUT2D eigenvalue weighted by atomic mass is 15.3. The number of rotatable bonds is 7. The molecule has 17 heavy (non-hydrogen) atoms. The number of hydrazine groups is 1. The first-order valence-corrected chi connectivity index (χ1v) is 6.35. The average Bonchev–Trinajstić information content (AvgIpc) is 3.19. The number of nitrogens with two attached hydrogens (primary N) is 1. The smallest absolute Gasteiger partial charge is 0.158 e. The Kier molecular flexibility index (Phi) is 4.28. The van der Waals surface area contributed by atoms with Crippen LogP contribution in [0.15, 0.2) is 12.4 Å². The van der Waals surface area contributed by atoms with Gasteiger partial charge in [0.15, 0.2) is 5.82 Å². The Labute approximate surface area is 102 Å². The molecule has 0 amide bonds. The summed E-state index contributed by atoms with van der Waals surface area (Å²) in [5.74, 6) is 5.87. The first kappa shape index (κ1) is 12.3. The first-order chi connectivity index (χ1) is 8.33. The lowest BCUT2D eigenvalue weighted by Crippen LogP contribution is -2.27. The molecular weight excluding hydrogens is 214 g/mol. The summed E-state index contributed by atoms with van der Waals surface area (Å²) in [5.41, 5.74) is 3.51. The van der Waals surface area contributed by atoms with Crippen LogP contribution in [0.1, 0.15) is 38.3 Å². The molecule has 3 N–H and O–H groups in total. The van der Waals surface area contributed by atoms with E-state index >= 15 is 0 Å². The number of aromatic nitrogens is 2. The van der Waals surface area contributed by atoms with E-state index in [2.05, 4.69) is 27.2 Å². The van der Waals surface area contributed by atoms with Crippen molar-refractivity contribution in [3.8, 4) is 0 Å². The van der Waals surface area contributed by atoms with Gasteiger partial charge in [-0.3, -0.25) is 9.88 Å². The zero-order valence-electron chi connectivity index (χ0n) is 10.4. The highest BCUT2D eigenvalue weighted by Crippen LogP contribution is 2.28. The molecule has 0 aromatic carbocycles. The van der Waals surface area contributed by atoms with E-state index in [0.717, 1.165) is 18.3 Å². The normalized spacial score (nSPS) is 15.2. The van der Waals surface area contributed by atoms with Crippen LogP contribution in [0.5, 0.6) is 0 Å². The SMILES string of the molecule is CCCCN(Cc1cnc(NN)cn1)C1CC1. The molecule has 1 saturated carbocycles. The third-order valence-electron chi connectivity index (χ3n) is 3.08. The van der Waals surface area contributed by atoms with E-state index in [1.165, 1.54) is 32.2 Å². The largest absolute Gasteiger partial charge is 0.307 e. The summed E-state index contributed by atoms with van der Waals surface area (Å²) in [4.78, 5) is 11.1. The third kappa shape index (κ3) is 3.64. The summed E-state index contributed by atoms with van der Waals surface area (Å²) < 4.78 is 0. The van der Waals surface area contributed by atoms with Crippen LogP contribution in [-0.2, 0) is 6.54 Å². The summed E-state index contributed by atoms with van der Waals surface area (Å²) in [6.45, 7) is 4.30. The number of unbranched alkanes of at least 4 members (excludes halogenated alkanes) is 1. The van der Waals surface area contributed by atoms with E-state index in [0.29, 0.717) is 5.82 Å². The van der Waals surface area contributed by atoms with Crippen LogP contribution in [0.3, 0.4) is 0 Å². The Balaban J connectivity index is 1.91. The van der Waals surface area contributed by atoms with Gasteiger partial charge in [0, 0.05) is 12.6 Å². The van der Waals surface area contributed by atoms with Crippen LogP contribution in [0.25, 0.3) is 0 Å². The Hall–Kier alpha value is -1.20. The van der Waals surface area contributed by atoms with Gasteiger partial charge in [-0.25, -0.2) is 10.8 Å². The summed E-state index contributed by atoms with van der Waals surface area (Å²) in [5, 5.41) is 0. The van der Waals surface area contributed by atoms with Crippen LogP contribution in [-0.4, -0.2) is 27.5 Å². The predicted molar refractivity (Wildman–Crippen MR) is 68.2 cm³/mol. The van der Waals surface area contributed by atoms with Crippen LogP contribution < -0.4 is 11.3 Å². The quantitative estimate of drug-likeness (QED) is 0.554. The fourth-order valence-electron chi connectivity index (χ4n) is 1.91. The Morgan fingerprint density at radius 3 is 2.76 bits per heavy atom. The van der Waals surface area contributed by atoms with Crippen molar-refractivity contribution in [2.45, 2.75) is 45.2 Å². The molecule has 0 saturated heterocycles. The van der Waals surface area contributed by atoms with Gasteiger partial charge in [0.05, 0.1) is 18.1 Å². The molecule has 1 aromatic heterocycles. The van der Waals surface area contributed by atoms with Crippen molar-refractivity contribution in [3.63, 3.8) is 0 Å². The lowest BCUT2D eigenvalue weighted by molar-refractivity contribution is 0.247. The molecule has 0 aliphatic heterocycles. The number of hydrogen-bond donors (Lipinski definition) is 2. The second-order valence-electron chi connectivity index (χ2n) is 4.59. The van der Waals surface area contributed by atoms with Gasteiger partial charge >= 0.3 is 0 Å². The summed E-state index contributed by atoms with van der Waals surface area (Å²) >= 11 is 0. The highest BCUT2D eigenvalue weighted by molar-refractivity contribution is 5.28. The van der Waals surface area contributed by atoms with E-state index in [1.54, 1.807) is 12.4 Å². The van der Waals surface area contributed by atoms with Crippen molar-refractivity contribution in [2.24, 2.45) is 5.84 Å². The molecule has 0 bridgehead atoms. The topological polar surface area (TPSA) is 67.1 Å². The number of anilines is 1. The van der Waals surface area contributed by atoms with Crippen LogP contribution in [0.2, 0.25) is 0 Å².